The van der Waals surface area contributed by atoms with Crippen LogP contribution in [-0.4, -0.2) is 52.4 Å². The van der Waals surface area contributed by atoms with Crippen LogP contribution in [0.2, 0.25) is 0 Å². The summed E-state index contributed by atoms with van der Waals surface area (Å²) in [5.74, 6) is -1.93. The van der Waals surface area contributed by atoms with Gasteiger partial charge in [0, 0.05) is 17.1 Å². The van der Waals surface area contributed by atoms with Crippen molar-refractivity contribution in [3.8, 4) is 0 Å². The van der Waals surface area contributed by atoms with Gasteiger partial charge in [-0.1, -0.05) is 45.1 Å². The number of allylic oxidation sites excluding steroid dienone is 3. The maximum Gasteiger partial charge on any atom is 0.334 e. The highest BCUT2D eigenvalue weighted by Crippen LogP contribution is 2.71. The van der Waals surface area contributed by atoms with Crippen molar-refractivity contribution in [2.24, 2.45) is 34.5 Å². The molecule has 0 aliphatic heterocycles. The molecule has 4 aliphatic rings. The Morgan fingerprint density at radius 1 is 1.14 bits per heavy atom. The van der Waals surface area contributed by atoms with Crippen molar-refractivity contribution < 1.29 is 34.1 Å². The van der Waals surface area contributed by atoms with E-state index in [9.17, 15) is 24.6 Å². The fraction of sp³-hybridized carbons (Fsp3) is 0.633. The molecule has 2 bridgehead atoms. The van der Waals surface area contributed by atoms with E-state index in [1.807, 2.05) is 6.92 Å². The number of ether oxygens (including phenoxy) is 2. The highest BCUT2D eigenvalue weighted by atomic mass is 16.6. The van der Waals surface area contributed by atoms with Gasteiger partial charge in [0.1, 0.15) is 12.7 Å². The average molecular weight is 513 g/mol. The molecule has 8 atom stereocenters. The molecule has 4 aliphatic carbocycles. The minimum Gasteiger partial charge on any atom is -0.458 e. The Morgan fingerprint density at radius 2 is 1.73 bits per heavy atom. The van der Waals surface area contributed by atoms with Crippen molar-refractivity contribution in [3.63, 3.8) is 0 Å². The second-order valence-corrected chi connectivity index (χ2v) is 12.0. The molecular formula is C30H40O7. The van der Waals surface area contributed by atoms with Crippen molar-refractivity contribution in [3.05, 3.63) is 46.6 Å². The first kappa shape index (κ1) is 27.5. The van der Waals surface area contributed by atoms with Gasteiger partial charge in [-0.25, -0.2) is 9.59 Å². The van der Waals surface area contributed by atoms with E-state index >= 15 is 0 Å². The van der Waals surface area contributed by atoms with Crippen LogP contribution < -0.4 is 0 Å². The van der Waals surface area contributed by atoms with Crippen LogP contribution in [0.25, 0.3) is 0 Å². The molecule has 202 valence electrons. The summed E-state index contributed by atoms with van der Waals surface area (Å²) in [7, 11) is 0. The third-order valence-electron chi connectivity index (χ3n) is 9.82. The van der Waals surface area contributed by atoms with Gasteiger partial charge in [0.25, 0.3) is 0 Å². The van der Waals surface area contributed by atoms with E-state index in [2.05, 4.69) is 13.8 Å². The largest absolute Gasteiger partial charge is 0.458 e. The monoisotopic (exact) mass is 512 g/mol. The number of carbonyl (C=O) groups excluding carboxylic acids is 3. The molecule has 1 spiro atoms. The second-order valence-electron chi connectivity index (χ2n) is 12.0. The summed E-state index contributed by atoms with van der Waals surface area (Å²) in [5, 5.41) is 24.4. The summed E-state index contributed by atoms with van der Waals surface area (Å²) in [4.78, 5) is 39.8. The first-order valence-electron chi connectivity index (χ1n) is 13.2. The predicted molar refractivity (Wildman–Crippen MR) is 138 cm³/mol. The molecule has 0 radical (unpaired) electrons. The second kappa shape index (κ2) is 9.05. The summed E-state index contributed by atoms with van der Waals surface area (Å²) < 4.78 is 11.3. The number of ketones is 1. The molecule has 0 heterocycles. The number of fused-ring (bicyclic) bond motifs is 3. The smallest absolute Gasteiger partial charge is 0.334 e. The first-order valence-corrected chi connectivity index (χ1v) is 13.2. The van der Waals surface area contributed by atoms with Crippen molar-refractivity contribution in [2.45, 2.75) is 79.6 Å². The number of carbonyl (C=O) groups is 3. The molecule has 0 aromatic rings. The molecule has 0 amide bonds. The minimum absolute atomic E-state index is 0.0416. The molecule has 0 aromatic carbocycles. The fourth-order valence-corrected chi connectivity index (χ4v) is 7.28. The molecule has 7 nitrogen and oxygen atoms in total. The summed E-state index contributed by atoms with van der Waals surface area (Å²) >= 11 is 0. The molecule has 1 unspecified atom stereocenters. The van der Waals surface area contributed by atoms with Crippen LogP contribution in [0.3, 0.4) is 0 Å². The SMILES string of the molecule is C/C=C(/C)C(=O)OCC1=C[C@@H]2C(=O)C3(C=C(C)[C@H](OC(=O)/C(C)=C\C)[C@@]3(O)[C@@H]1O)[C@H](C)C[C@@H]1[C@H]2C1(C)C. The molecule has 0 saturated heterocycles. The molecule has 0 aromatic heterocycles. The van der Waals surface area contributed by atoms with Gasteiger partial charge >= 0.3 is 11.9 Å². The van der Waals surface area contributed by atoms with Crippen LogP contribution in [0.15, 0.2) is 46.6 Å². The Hall–Kier alpha value is -2.51. The average Bonchev–Trinajstić information content (AvgIpc) is 3.35. The number of hydrogen-bond acceptors (Lipinski definition) is 7. The summed E-state index contributed by atoms with van der Waals surface area (Å²) in [6, 6.07) is 0. The Morgan fingerprint density at radius 3 is 2.32 bits per heavy atom. The van der Waals surface area contributed by atoms with Gasteiger partial charge in [-0.3, -0.25) is 4.79 Å². The van der Waals surface area contributed by atoms with Crippen molar-refractivity contribution in [1.29, 1.82) is 0 Å². The lowest BCUT2D eigenvalue weighted by Gasteiger charge is -2.48. The van der Waals surface area contributed by atoms with E-state index in [1.165, 1.54) is 0 Å². The van der Waals surface area contributed by atoms with Gasteiger partial charge in [-0.2, -0.15) is 0 Å². The topological polar surface area (TPSA) is 110 Å². The van der Waals surface area contributed by atoms with Gasteiger partial charge in [0.2, 0.25) is 0 Å². The van der Waals surface area contributed by atoms with E-state index < -0.39 is 41.1 Å². The van der Waals surface area contributed by atoms with Crippen molar-refractivity contribution in [1.82, 2.24) is 0 Å². The molecule has 7 heteroatoms. The highest BCUT2D eigenvalue weighted by molar-refractivity contribution is 5.96. The maximum absolute atomic E-state index is 14.5. The molecular weight excluding hydrogens is 472 g/mol. The maximum atomic E-state index is 14.5. The Kier molecular flexibility index (Phi) is 6.73. The third kappa shape index (κ3) is 3.72. The van der Waals surface area contributed by atoms with E-state index in [0.29, 0.717) is 23.1 Å². The zero-order valence-corrected chi connectivity index (χ0v) is 23.1. The van der Waals surface area contributed by atoms with E-state index in [-0.39, 0.29) is 41.1 Å². The van der Waals surface area contributed by atoms with Crippen LogP contribution in [0.4, 0.5) is 0 Å². The van der Waals surface area contributed by atoms with Gasteiger partial charge in [-0.15, -0.1) is 0 Å². The standard InChI is InChI=1S/C30H40O7/c1-9-15(3)26(33)36-14-19-12-20-22-21(28(22,7)8)11-18(6)29(24(20)32)13-17(5)25(30(29,35)23(19)31)37-27(34)16(4)10-2/h9-10,12-13,18,20-23,25,31,35H,11,14H2,1-8H3/b15-9-,16-10-/t18-,20+,21-,22+,23-,25+,29?,30+/m1/s1. The van der Waals surface area contributed by atoms with Crippen molar-refractivity contribution >= 4 is 17.7 Å². The third-order valence-corrected chi connectivity index (χ3v) is 9.82. The van der Waals surface area contributed by atoms with E-state index in [4.69, 9.17) is 9.47 Å². The normalized spacial score (nSPS) is 40.4. The van der Waals surface area contributed by atoms with Gasteiger partial charge in [0.05, 0.1) is 5.41 Å². The minimum atomic E-state index is -2.15. The van der Waals surface area contributed by atoms with Crippen LogP contribution >= 0.6 is 0 Å². The molecule has 2 N–H and O–H groups in total. The number of Topliss-reactive ketones (excluding diaryl/α,β-unsaturated/α-hetero) is 1. The Bertz CT molecular complexity index is 1150. The fourth-order valence-electron chi connectivity index (χ4n) is 7.28. The van der Waals surface area contributed by atoms with Gasteiger partial charge in [0.15, 0.2) is 17.5 Å². The number of rotatable bonds is 5. The summed E-state index contributed by atoms with van der Waals surface area (Å²) in [5.41, 5.74) is -2.14. The van der Waals surface area contributed by atoms with Gasteiger partial charge in [-0.05, 0) is 75.4 Å². The molecule has 4 rings (SSSR count). The lowest BCUT2D eigenvalue weighted by atomic mass is 9.59. The number of aliphatic hydroxyl groups is 2. The van der Waals surface area contributed by atoms with E-state index in [1.54, 1.807) is 58.9 Å². The number of hydrogen-bond donors (Lipinski definition) is 2. The highest BCUT2D eigenvalue weighted by Gasteiger charge is 2.76. The van der Waals surface area contributed by atoms with Gasteiger partial charge < -0.3 is 19.7 Å². The molecule has 2 fully saturated rings. The quantitative estimate of drug-likeness (QED) is 0.327. The number of aliphatic hydroxyl groups excluding tert-OH is 1. The van der Waals surface area contributed by atoms with Crippen LogP contribution in [0.1, 0.15) is 61.8 Å². The van der Waals surface area contributed by atoms with Crippen LogP contribution in [-0.2, 0) is 23.9 Å². The molecule has 2 saturated carbocycles. The van der Waals surface area contributed by atoms with Crippen LogP contribution in [0, 0.1) is 34.5 Å². The molecule has 37 heavy (non-hydrogen) atoms. The number of esters is 2. The first-order chi connectivity index (χ1) is 17.2. The summed E-state index contributed by atoms with van der Waals surface area (Å²) in [6.45, 7) is 14.4. The lowest BCUT2D eigenvalue weighted by molar-refractivity contribution is -0.201. The zero-order chi connectivity index (χ0) is 27.7. The van der Waals surface area contributed by atoms with E-state index in [0.717, 1.165) is 0 Å². The summed E-state index contributed by atoms with van der Waals surface area (Å²) in [6.07, 6.45) is 4.56. The van der Waals surface area contributed by atoms with Crippen molar-refractivity contribution in [2.75, 3.05) is 6.61 Å². The zero-order valence-electron chi connectivity index (χ0n) is 23.1. The van der Waals surface area contributed by atoms with Crippen LogP contribution in [0.5, 0.6) is 0 Å². The Balaban J connectivity index is 1.86. The Labute approximate surface area is 219 Å². The lowest BCUT2D eigenvalue weighted by Crippen LogP contribution is -2.65. The predicted octanol–water partition coefficient (Wildman–Crippen LogP) is 3.85.